The highest BCUT2D eigenvalue weighted by Gasteiger charge is 2.17. The van der Waals surface area contributed by atoms with E-state index in [9.17, 15) is 9.18 Å². The summed E-state index contributed by atoms with van der Waals surface area (Å²) in [5.41, 5.74) is 10.9. The number of aromatic amines is 1. The van der Waals surface area contributed by atoms with E-state index >= 15 is 0 Å². The van der Waals surface area contributed by atoms with Crippen molar-refractivity contribution in [2.24, 2.45) is 5.73 Å². The van der Waals surface area contributed by atoms with Crippen LogP contribution < -0.4 is 11.3 Å². The molecule has 0 aliphatic heterocycles. The van der Waals surface area contributed by atoms with Crippen LogP contribution in [0, 0.1) is 13.8 Å². The number of benzene rings is 1. The molecular formula is C21H20FN3OS. The molecule has 0 aliphatic carbocycles. The van der Waals surface area contributed by atoms with Gasteiger partial charge in [0.2, 0.25) is 0 Å². The summed E-state index contributed by atoms with van der Waals surface area (Å²) in [6.07, 6.45) is 0. The van der Waals surface area contributed by atoms with Gasteiger partial charge in [0.1, 0.15) is 4.70 Å². The second-order valence-corrected chi connectivity index (χ2v) is 7.65. The lowest BCUT2D eigenvalue weighted by molar-refractivity contribution is 0.434. The van der Waals surface area contributed by atoms with Gasteiger partial charge < -0.3 is 10.7 Å². The zero-order chi connectivity index (χ0) is 19.1. The van der Waals surface area contributed by atoms with Crippen molar-refractivity contribution in [1.82, 2.24) is 9.97 Å². The van der Waals surface area contributed by atoms with Crippen LogP contribution in [0.15, 0.2) is 40.5 Å². The Morgan fingerprint density at radius 3 is 2.59 bits per heavy atom. The largest absolute Gasteiger partial charge is 0.330 e. The molecule has 6 heteroatoms. The number of hydrogen-bond acceptors (Lipinski definition) is 4. The van der Waals surface area contributed by atoms with Crippen LogP contribution >= 0.6 is 11.3 Å². The number of pyridine rings is 2. The number of fused-ring (bicyclic) bond motifs is 3. The number of aromatic nitrogens is 2. The van der Waals surface area contributed by atoms with Crippen LogP contribution in [0.25, 0.3) is 32.1 Å². The Kier molecular flexibility index (Phi) is 4.53. The molecule has 4 aromatic rings. The molecule has 0 aliphatic rings. The molecule has 0 saturated heterocycles. The lowest BCUT2D eigenvalue weighted by Gasteiger charge is -2.15. The van der Waals surface area contributed by atoms with E-state index in [4.69, 9.17) is 5.73 Å². The topological polar surface area (TPSA) is 71.8 Å². The van der Waals surface area contributed by atoms with Gasteiger partial charge in [0, 0.05) is 34.5 Å². The van der Waals surface area contributed by atoms with Crippen LogP contribution in [0.2, 0.25) is 0 Å². The molecule has 0 unspecified atom stereocenters. The Hall–Kier alpha value is -2.57. The number of nitrogens with one attached hydrogen (secondary N) is 1. The molecule has 138 valence electrons. The number of halogens is 1. The van der Waals surface area contributed by atoms with Gasteiger partial charge in [-0.2, -0.15) is 0 Å². The van der Waals surface area contributed by atoms with E-state index < -0.39 is 6.67 Å². The third kappa shape index (κ3) is 2.85. The number of H-pyrrole nitrogens is 1. The van der Waals surface area contributed by atoms with Gasteiger partial charge in [-0.25, -0.2) is 0 Å². The van der Waals surface area contributed by atoms with Crippen molar-refractivity contribution >= 4 is 32.3 Å². The minimum absolute atomic E-state index is 0.0868. The van der Waals surface area contributed by atoms with Crippen LogP contribution in [-0.2, 0) is 0 Å². The summed E-state index contributed by atoms with van der Waals surface area (Å²) in [6.45, 7) is 3.69. The minimum atomic E-state index is -0.472. The Bertz CT molecular complexity index is 1190. The third-order valence-corrected chi connectivity index (χ3v) is 5.99. The number of rotatable bonds is 4. The molecule has 0 bridgehead atoms. The maximum Gasteiger partial charge on any atom is 0.266 e. The van der Waals surface area contributed by atoms with E-state index in [1.807, 2.05) is 49.6 Å². The van der Waals surface area contributed by atoms with E-state index in [0.717, 1.165) is 44.4 Å². The normalized spacial score (nSPS) is 12.7. The van der Waals surface area contributed by atoms with E-state index in [0.29, 0.717) is 4.70 Å². The number of nitrogens with zero attached hydrogens (tertiary/aromatic N) is 1. The molecule has 0 radical (unpaired) electrons. The smallest absolute Gasteiger partial charge is 0.266 e. The monoisotopic (exact) mass is 381 g/mol. The first kappa shape index (κ1) is 17.8. The molecule has 0 saturated carbocycles. The van der Waals surface area contributed by atoms with Crippen LogP contribution in [0.4, 0.5) is 4.39 Å². The van der Waals surface area contributed by atoms with E-state index in [1.165, 1.54) is 11.3 Å². The number of thiophene rings is 1. The first-order valence-corrected chi connectivity index (χ1v) is 9.69. The molecule has 1 aromatic carbocycles. The maximum atomic E-state index is 13.1. The van der Waals surface area contributed by atoms with Crippen molar-refractivity contribution in [3.63, 3.8) is 0 Å². The summed E-state index contributed by atoms with van der Waals surface area (Å²) in [5.74, 6) is -0.284. The van der Waals surface area contributed by atoms with Crippen LogP contribution in [0.3, 0.4) is 0 Å². The predicted octanol–water partition coefficient (Wildman–Crippen LogP) is 4.43. The van der Waals surface area contributed by atoms with Crippen LogP contribution in [0.1, 0.15) is 22.9 Å². The van der Waals surface area contributed by atoms with Gasteiger partial charge >= 0.3 is 0 Å². The van der Waals surface area contributed by atoms with Crippen molar-refractivity contribution in [1.29, 1.82) is 0 Å². The average molecular weight is 381 g/mol. The molecule has 0 amide bonds. The number of hydrogen-bond donors (Lipinski definition) is 2. The highest BCUT2D eigenvalue weighted by Crippen LogP contribution is 2.36. The van der Waals surface area contributed by atoms with Crippen molar-refractivity contribution in [2.45, 2.75) is 19.8 Å². The SMILES string of the molecule is Cc1nc(C)c2[nH]c(=O)c3sccc3c2c1-c1ccc([C@H](CN)CF)cc1. The number of alkyl halides is 1. The maximum absolute atomic E-state index is 13.1. The molecule has 0 spiro atoms. The molecule has 3 N–H and O–H groups in total. The molecule has 0 fully saturated rings. The fraction of sp³-hybridized carbons (Fsp3) is 0.238. The average Bonchev–Trinajstić information content (AvgIpc) is 3.15. The van der Waals surface area contributed by atoms with Gasteiger partial charge in [0.05, 0.1) is 17.9 Å². The fourth-order valence-corrected chi connectivity index (χ4v) is 4.48. The molecule has 3 aromatic heterocycles. The van der Waals surface area contributed by atoms with Crippen molar-refractivity contribution in [2.75, 3.05) is 13.2 Å². The van der Waals surface area contributed by atoms with Crippen LogP contribution in [-0.4, -0.2) is 23.2 Å². The van der Waals surface area contributed by atoms with Gasteiger partial charge in [-0.15, -0.1) is 11.3 Å². The summed E-state index contributed by atoms with van der Waals surface area (Å²) >= 11 is 1.44. The van der Waals surface area contributed by atoms with Crippen LogP contribution in [0.5, 0.6) is 0 Å². The van der Waals surface area contributed by atoms with E-state index in [1.54, 1.807) is 0 Å². The Balaban J connectivity index is 2.02. The first-order valence-electron chi connectivity index (χ1n) is 8.82. The van der Waals surface area contributed by atoms with Crippen molar-refractivity contribution in [3.05, 3.63) is 63.0 Å². The Labute approximate surface area is 159 Å². The number of aryl methyl sites for hydroxylation is 2. The lowest BCUT2D eigenvalue weighted by Crippen LogP contribution is -2.14. The van der Waals surface area contributed by atoms with Gasteiger partial charge in [0.15, 0.2) is 0 Å². The zero-order valence-corrected chi connectivity index (χ0v) is 16.0. The summed E-state index contributed by atoms with van der Waals surface area (Å²) in [6, 6.07) is 9.80. The molecule has 4 rings (SSSR count). The standard InChI is InChI=1S/C21H20FN3OS/c1-11-17(14-5-3-13(4-6-14)15(9-22)10-23)18-16-7-8-27-20(16)21(26)25-19(18)12(2)24-11/h3-8,15H,9-10,23H2,1-2H3,(H,25,26)/t15-/m0/s1. The van der Waals surface area contributed by atoms with Gasteiger partial charge in [-0.05, 0) is 36.4 Å². The van der Waals surface area contributed by atoms with Crippen molar-refractivity contribution < 1.29 is 4.39 Å². The highest BCUT2D eigenvalue weighted by atomic mass is 32.1. The molecular weight excluding hydrogens is 361 g/mol. The Morgan fingerprint density at radius 1 is 1.19 bits per heavy atom. The Morgan fingerprint density at radius 2 is 1.93 bits per heavy atom. The van der Waals surface area contributed by atoms with Gasteiger partial charge in [-0.1, -0.05) is 24.3 Å². The quantitative estimate of drug-likeness (QED) is 0.549. The fourth-order valence-electron chi connectivity index (χ4n) is 3.69. The number of nitrogens with two attached hydrogens (primary N) is 1. The van der Waals surface area contributed by atoms with E-state index in [-0.39, 0.29) is 18.0 Å². The highest BCUT2D eigenvalue weighted by molar-refractivity contribution is 7.17. The predicted molar refractivity (Wildman–Crippen MR) is 110 cm³/mol. The minimum Gasteiger partial charge on any atom is -0.330 e. The summed E-state index contributed by atoms with van der Waals surface area (Å²) in [4.78, 5) is 20.1. The zero-order valence-electron chi connectivity index (χ0n) is 15.2. The molecule has 3 heterocycles. The van der Waals surface area contributed by atoms with E-state index in [2.05, 4.69) is 9.97 Å². The third-order valence-electron chi connectivity index (χ3n) is 5.08. The lowest BCUT2D eigenvalue weighted by atomic mass is 9.93. The van der Waals surface area contributed by atoms with Crippen molar-refractivity contribution in [3.8, 4) is 11.1 Å². The van der Waals surface area contributed by atoms with Gasteiger partial charge in [-0.3, -0.25) is 14.2 Å². The summed E-state index contributed by atoms with van der Waals surface area (Å²) < 4.78 is 13.9. The summed E-state index contributed by atoms with van der Waals surface area (Å²) in [5, 5.41) is 3.88. The molecule has 27 heavy (non-hydrogen) atoms. The molecule has 4 nitrogen and oxygen atoms in total. The summed E-state index contributed by atoms with van der Waals surface area (Å²) in [7, 11) is 0. The van der Waals surface area contributed by atoms with Gasteiger partial charge in [0.25, 0.3) is 5.56 Å². The second kappa shape index (κ2) is 6.87. The second-order valence-electron chi connectivity index (χ2n) is 6.73. The first-order chi connectivity index (χ1) is 13.0. The molecule has 1 atom stereocenters.